The average Bonchev–Trinajstić information content (AvgIpc) is 2.89. The number of carbonyl (C=O) groups excluding carboxylic acids is 1. The van der Waals surface area contributed by atoms with Crippen molar-refractivity contribution in [1.29, 1.82) is 0 Å². The molecule has 0 spiro atoms. The van der Waals surface area contributed by atoms with E-state index in [9.17, 15) is 9.90 Å². The average molecular weight is 319 g/mol. The lowest BCUT2D eigenvalue weighted by Gasteiger charge is -2.12. The highest BCUT2D eigenvalue weighted by atomic mass is 32.2. The number of Topliss-reactive ketones (excluding diaryl/α,β-unsaturated/α-hetero) is 1. The van der Waals surface area contributed by atoms with Crippen LogP contribution in [0.2, 0.25) is 0 Å². The number of thioether (sulfide) groups is 1. The van der Waals surface area contributed by atoms with Crippen molar-refractivity contribution in [2.24, 2.45) is 0 Å². The second kappa shape index (κ2) is 7.56. The quantitative estimate of drug-likeness (QED) is 0.628. The first-order chi connectivity index (χ1) is 10.6. The summed E-state index contributed by atoms with van der Waals surface area (Å²) in [6.07, 6.45) is 0.916. The van der Waals surface area contributed by atoms with E-state index in [-0.39, 0.29) is 17.6 Å². The monoisotopic (exact) mass is 319 g/mol. The molecule has 0 saturated carbocycles. The van der Waals surface area contributed by atoms with Crippen molar-refractivity contribution in [2.45, 2.75) is 50.8 Å². The Kier molecular flexibility index (Phi) is 5.74. The largest absolute Gasteiger partial charge is 0.388 e. The molecule has 2 rings (SSSR count). The minimum Gasteiger partial charge on any atom is -0.388 e. The molecular formula is C16H21N3O2S. The summed E-state index contributed by atoms with van der Waals surface area (Å²) < 4.78 is 1.88. The Bertz CT molecular complexity index is 637. The van der Waals surface area contributed by atoms with Gasteiger partial charge in [-0.25, -0.2) is 0 Å². The van der Waals surface area contributed by atoms with Crippen LogP contribution < -0.4 is 0 Å². The van der Waals surface area contributed by atoms with Gasteiger partial charge >= 0.3 is 0 Å². The topological polar surface area (TPSA) is 68.0 Å². The molecule has 1 heterocycles. The van der Waals surface area contributed by atoms with Gasteiger partial charge in [-0.3, -0.25) is 4.79 Å². The number of benzene rings is 1. The first-order valence-corrected chi connectivity index (χ1v) is 8.25. The van der Waals surface area contributed by atoms with E-state index in [0.717, 1.165) is 18.5 Å². The molecule has 1 unspecified atom stereocenters. The number of carbonyl (C=O) groups is 1. The predicted octanol–water partition coefficient (Wildman–Crippen LogP) is 2.85. The Labute approximate surface area is 134 Å². The van der Waals surface area contributed by atoms with Crippen molar-refractivity contribution in [3.05, 3.63) is 41.2 Å². The van der Waals surface area contributed by atoms with Crippen LogP contribution in [0.1, 0.15) is 42.0 Å². The molecular weight excluding hydrogens is 298 g/mol. The molecule has 0 fully saturated rings. The van der Waals surface area contributed by atoms with Crippen molar-refractivity contribution < 1.29 is 9.90 Å². The third kappa shape index (κ3) is 3.75. The molecule has 22 heavy (non-hydrogen) atoms. The maximum absolute atomic E-state index is 12.5. The molecule has 0 aliphatic heterocycles. The predicted molar refractivity (Wildman–Crippen MR) is 87.1 cm³/mol. The second-order valence-corrected chi connectivity index (χ2v) is 6.51. The molecule has 0 amide bonds. The molecule has 0 saturated heterocycles. The molecule has 0 aliphatic rings. The highest BCUT2D eigenvalue weighted by Crippen LogP contribution is 2.25. The third-order valence-electron chi connectivity index (χ3n) is 3.37. The molecule has 2 aromatic rings. The highest BCUT2D eigenvalue weighted by Gasteiger charge is 2.20. The summed E-state index contributed by atoms with van der Waals surface area (Å²) in [7, 11) is 0. The summed E-state index contributed by atoms with van der Waals surface area (Å²) in [6.45, 7) is 6.51. The van der Waals surface area contributed by atoms with Gasteiger partial charge in [-0.05, 0) is 20.3 Å². The van der Waals surface area contributed by atoms with E-state index in [0.29, 0.717) is 16.5 Å². The first-order valence-electron chi connectivity index (χ1n) is 7.37. The van der Waals surface area contributed by atoms with E-state index < -0.39 is 0 Å². The Balaban J connectivity index is 2.14. The summed E-state index contributed by atoms with van der Waals surface area (Å²) in [6, 6.07) is 7.58. The number of hydrogen-bond acceptors (Lipinski definition) is 5. The number of nitrogens with zero attached hydrogens (tertiary/aromatic N) is 3. The van der Waals surface area contributed by atoms with Gasteiger partial charge in [0.1, 0.15) is 6.61 Å². The number of aryl methyl sites for hydroxylation is 1. The number of aliphatic hydroxyl groups excluding tert-OH is 1. The van der Waals surface area contributed by atoms with Crippen LogP contribution in [0, 0.1) is 6.92 Å². The van der Waals surface area contributed by atoms with Gasteiger partial charge in [-0.1, -0.05) is 48.5 Å². The summed E-state index contributed by atoms with van der Waals surface area (Å²) in [5.74, 6) is 0.612. The Morgan fingerprint density at radius 1 is 1.32 bits per heavy atom. The number of hydrogen-bond donors (Lipinski definition) is 1. The van der Waals surface area contributed by atoms with Crippen LogP contribution in [0.3, 0.4) is 0 Å². The Hall–Kier alpha value is -1.66. The van der Waals surface area contributed by atoms with Crippen LogP contribution in [0.5, 0.6) is 0 Å². The van der Waals surface area contributed by atoms with Crippen molar-refractivity contribution in [3.63, 3.8) is 0 Å². The van der Waals surface area contributed by atoms with Crippen molar-refractivity contribution in [1.82, 2.24) is 14.8 Å². The van der Waals surface area contributed by atoms with Crippen LogP contribution >= 0.6 is 11.8 Å². The van der Waals surface area contributed by atoms with E-state index in [4.69, 9.17) is 0 Å². The zero-order valence-electron chi connectivity index (χ0n) is 13.1. The zero-order valence-corrected chi connectivity index (χ0v) is 13.9. The maximum atomic E-state index is 12.5. The lowest BCUT2D eigenvalue weighted by Crippen LogP contribution is -2.15. The summed E-state index contributed by atoms with van der Waals surface area (Å²) >= 11 is 1.38. The molecule has 1 aromatic heterocycles. The number of aromatic nitrogens is 3. The fourth-order valence-corrected chi connectivity index (χ4v) is 3.11. The van der Waals surface area contributed by atoms with E-state index >= 15 is 0 Å². The van der Waals surface area contributed by atoms with Crippen molar-refractivity contribution in [3.8, 4) is 0 Å². The second-order valence-electron chi connectivity index (χ2n) is 5.20. The maximum Gasteiger partial charge on any atom is 0.191 e. The van der Waals surface area contributed by atoms with E-state index in [1.807, 2.05) is 42.7 Å². The lowest BCUT2D eigenvalue weighted by molar-refractivity contribution is 0.0994. The van der Waals surface area contributed by atoms with Crippen LogP contribution in [-0.2, 0) is 13.2 Å². The van der Waals surface area contributed by atoms with Gasteiger partial charge in [-0.2, -0.15) is 0 Å². The molecule has 5 nitrogen and oxygen atoms in total. The van der Waals surface area contributed by atoms with E-state index in [1.54, 1.807) is 0 Å². The van der Waals surface area contributed by atoms with E-state index in [1.165, 1.54) is 11.8 Å². The minimum atomic E-state index is -0.256. The summed E-state index contributed by atoms with van der Waals surface area (Å²) in [5, 5.41) is 17.8. The molecule has 6 heteroatoms. The van der Waals surface area contributed by atoms with E-state index in [2.05, 4.69) is 17.1 Å². The van der Waals surface area contributed by atoms with Gasteiger partial charge < -0.3 is 9.67 Å². The molecule has 1 N–H and O–H groups in total. The standard InChI is InChI=1S/C16H21N3O2S/c1-4-9-19-14(10-20)17-18-16(19)22-12(3)15(21)13-7-5-11(2)6-8-13/h5-8,12,20H,4,9-10H2,1-3H3. The minimum absolute atomic E-state index is 0.0709. The third-order valence-corrected chi connectivity index (χ3v) is 4.45. The van der Waals surface area contributed by atoms with Gasteiger partial charge in [0.05, 0.1) is 5.25 Å². The fourth-order valence-electron chi connectivity index (χ4n) is 2.14. The van der Waals surface area contributed by atoms with Gasteiger partial charge in [0.25, 0.3) is 0 Å². The van der Waals surface area contributed by atoms with Gasteiger partial charge in [-0.15, -0.1) is 10.2 Å². The number of rotatable bonds is 7. The molecule has 0 radical (unpaired) electrons. The smallest absolute Gasteiger partial charge is 0.191 e. The van der Waals surface area contributed by atoms with Crippen molar-refractivity contribution >= 4 is 17.5 Å². The Morgan fingerprint density at radius 3 is 2.59 bits per heavy atom. The van der Waals surface area contributed by atoms with Crippen LogP contribution in [0.4, 0.5) is 0 Å². The summed E-state index contributed by atoms with van der Waals surface area (Å²) in [5.41, 5.74) is 1.83. The normalized spacial score (nSPS) is 12.4. The van der Waals surface area contributed by atoms with Gasteiger partial charge in [0.15, 0.2) is 16.8 Å². The zero-order chi connectivity index (χ0) is 16.1. The Morgan fingerprint density at radius 2 is 2.00 bits per heavy atom. The number of aliphatic hydroxyl groups is 1. The summed E-state index contributed by atoms with van der Waals surface area (Å²) in [4.78, 5) is 12.5. The SMILES string of the molecule is CCCn1c(CO)nnc1SC(C)C(=O)c1ccc(C)cc1. The lowest BCUT2D eigenvalue weighted by atomic mass is 10.1. The van der Waals surface area contributed by atoms with Crippen LogP contribution in [0.25, 0.3) is 0 Å². The van der Waals surface area contributed by atoms with Gasteiger partial charge in [0.2, 0.25) is 0 Å². The van der Waals surface area contributed by atoms with Crippen LogP contribution in [0.15, 0.2) is 29.4 Å². The molecule has 1 aromatic carbocycles. The first kappa shape index (κ1) is 16.7. The highest BCUT2D eigenvalue weighted by molar-refractivity contribution is 8.00. The number of ketones is 1. The van der Waals surface area contributed by atoms with Crippen molar-refractivity contribution in [2.75, 3.05) is 0 Å². The van der Waals surface area contributed by atoms with Crippen LogP contribution in [-0.4, -0.2) is 30.9 Å². The molecule has 0 bridgehead atoms. The molecule has 1 atom stereocenters. The molecule has 0 aliphatic carbocycles. The fraction of sp³-hybridized carbons (Fsp3) is 0.438. The molecule has 118 valence electrons. The van der Waals surface area contributed by atoms with Gasteiger partial charge in [0, 0.05) is 12.1 Å².